The molecule has 0 radical (unpaired) electrons. The lowest BCUT2D eigenvalue weighted by molar-refractivity contribution is -0.0437. The van der Waals surface area contributed by atoms with Crippen LogP contribution in [0.3, 0.4) is 0 Å². The van der Waals surface area contributed by atoms with Gasteiger partial charge in [-0.25, -0.2) is 0 Å². The van der Waals surface area contributed by atoms with Gasteiger partial charge in [-0.05, 0) is 31.4 Å². The van der Waals surface area contributed by atoms with Gasteiger partial charge in [0, 0.05) is 54.8 Å². The summed E-state index contributed by atoms with van der Waals surface area (Å²) in [6.45, 7) is 2.35. The van der Waals surface area contributed by atoms with Gasteiger partial charge in [0.05, 0.1) is 18.2 Å². The monoisotopic (exact) mass is 299 g/mol. The first-order valence-electron chi connectivity index (χ1n) is 8.06. The Hall–Kier alpha value is -1.72. The number of fused-ring (bicyclic) bond motifs is 1. The molecule has 2 fully saturated rings. The Kier molecular flexibility index (Phi) is 3.68. The number of anilines is 1. The Morgan fingerprint density at radius 2 is 2.18 bits per heavy atom. The molecule has 2 aliphatic rings. The molecule has 5 nitrogen and oxygen atoms in total. The summed E-state index contributed by atoms with van der Waals surface area (Å²) in [5, 5.41) is 11.5. The third-order valence-electron chi connectivity index (χ3n) is 4.99. The average molecular weight is 299 g/mol. The number of hydrogen-bond acceptors (Lipinski definition) is 5. The van der Waals surface area contributed by atoms with Crippen LogP contribution in [0.2, 0.25) is 0 Å². The molecule has 0 aliphatic carbocycles. The van der Waals surface area contributed by atoms with Crippen molar-refractivity contribution in [3.05, 3.63) is 30.7 Å². The van der Waals surface area contributed by atoms with Gasteiger partial charge in [0.15, 0.2) is 0 Å². The van der Waals surface area contributed by atoms with E-state index in [4.69, 9.17) is 4.74 Å². The highest BCUT2D eigenvalue weighted by molar-refractivity contribution is 5.90. The Balaban J connectivity index is 1.70. The quantitative estimate of drug-likeness (QED) is 0.919. The predicted molar refractivity (Wildman–Crippen MR) is 84.8 cm³/mol. The van der Waals surface area contributed by atoms with Crippen molar-refractivity contribution in [3.63, 3.8) is 0 Å². The third kappa shape index (κ3) is 2.34. The van der Waals surface area contributed by atoms with E-state index < -0.39 is 0 Å². The fraction of sp³-hybridized carbons (Fsp3) is 0.529. The molecule has 4 heterocycles. The molecule has 22 heavy (non-hydrogen) atoms. The van der Waals surface area contributed by atoms with Crippen LogP contribution < -0.4 is 4.90 Å². The Bertz CT molecular complexity index is 658. The van der Waals surface area contributed by atoms with Crippen LogP contribution in [0.15, 0.2) is 30.7 Å². The number of hydrogen-bond donors (Lipinski definition) is 1. The minimum Gasteiger partial charge on any atom is -0.393 e. The van der Waals surface area contributed by atoms with Gasteiger partial charge in [-0.3, -0.25) is 9.97 Å². The summed E-state index contributed by atoms with van der Waals surface area (Å²) in [5.74, 6) is 0.191. The van der Waals surface area contributed by atoms with Crippen LogP contribution in [0.5, 0.6) is 0 Å². The lowest BCUT2D eigenvalue weighted by atomic mass is 9.89. The summed E-state index contributed by atoms with van der Waals surface area (Å²) in [7, 11) is 0. The van der Waals surface area contributed by atoms with E-state index >= 15 is 0 Å². The topological polar surface area (TPSA) is 58.5 Å². The first kappa shape index (κ1) is 13.9. The van der Waals surface area contributed by atoms with E-state index in [2.05, 4.69) is 20.9 Å². The van der Waals surface area contributed by atoms with Crippen molar-refractivity contribution in [1.29, 1.82) is 0 Å². The minimum absolute atomic E-state index is 0.191. The zero-order valence-corrected chi connectivity index (χ0v) is 12.6. The fourth-order valence-corrected chi connectivity index (χ4v) is 3.88. The second-order valence-electron chi connectivity index (χ2n) is 6.22. The van der Waals surface area contributed by atoms with Gasteiger partial charge in [-0.1, -0.05) is 0 Å². The number of ether oxygens (including phenoxy) is 1. The Morgan fingerprint density at radius 1 is 1.23 bits per heavy atom. The van der Waals surface area contributed by atoms with Gasteiger partial charge in [-0.15, -0.1) is 0 Å². The molecule has 116 valence electrons. The van der Waals surface area contributed by atoms with Crippen LogP contribution in [-0.2, 0) is 4.74 Å². The van der Waals surface area contributed by atoms with E-state index in [9.17, 15) is 5.11 Å². The largest absolute Gasteiger partial charge is 0.393 e. The fourth-order valence-electron chi connectivity index (χ4n) is 3.88. The molecule has 5 heteroatoms. The Morgan fingerprint density at radius 3 is 3.09 bits per heavy atom. The number of rotatable bonds is 2. The lowest BCUT2D eigenvalue weighted by Crippen LogP contribution is -2.46. The van der Waals surface area contributed by atoms with Gasteiger partial charge in [-0.2, -0.15) is 0 Å². The highest BCUT2D eigenvalue weighted by Gasteiger charge is 2.38. The highest BCUT2D eigenvalue weighted by Crippen LogP contribution is 2.36. The molecule has 1 N–H and O–H groups in total. The molecule has 2 saturated heterocycles. The molecule has 4 rings (SSSR count). The lowest BCUT2D eigenvalue weighted by Gasteiger charge is -2.38. The molecule has 3 atom stereocenters. The van der Waals surface area contributed by atoms with Crippen LogP contribution in [0.4, 0.5) is 5.69 Å². The second-order valence-corrected chi connectivity index (χ2v) is 6.22. The molecule has 0 aromatic carbocycles. The summed E-state index contributed by atoms with van der Waals surface area (Å²) in [6, 6.07) is 4.35. The predicted octanol–water partition coefficient (Wildman–Crippen LogP) is 2.00. The number of aliphatic hydroxyl groups excluding tert-OH is 1. The van der Waals surface area contributed by atoms with E-state index in [-0.39, 0.29) is 12.0 Å². The molecule has 2 aromatic rings. The average Bonchev–Trinajstić information content (AvgIpc) is 3.04. The molecule has 0 saturated carbocycles. The van der Waals surface area contributed by atoms with Crippen LogP contribution in [0, 0.1) is 5.92 Å². The van der Waals surface area contributed by atoms with Crippen LogP contribution in [0.25, 0.3) is 10.9 Å². The number of pyridine rings is 2. The maximum Gasteiger partial charge on any atom is 0.0753 e. The van der Waals surface area contributed by atoms with Crippen LogP contribution in [0.1, 0.15) is 19.3 Å². The summed E-state index contributed by atoms with van der Waals surface area (Å²) in [6.07, 6.45) is 8.27. The maximum atomic E-state index is 10.4. The molecule has 0 spiro atoms. The van der Waals surface area contributed by atoms with Crippen molar-refractivity contribution < 1.29 is 9.84 Å². The summed E-state index contributed by atoms with van der Waals surface area (Å²) in [4.78, 5) is 11.1. The first-order chi connectivity index (χ1) is 10.8. The van der Waals surface area contributed by atoms with Crippen molar-refractivity contribution in [2.24, 2.45) is 5.92 Å². The number of aromatic nitrogens is 2. The molecular formula is C17H21N3O2. The van der Waals surface area contributed by atoms with E-state index in [1.54, 1.807) is 6.20 Å². The second kappa shape index (κ2) is 5.82. The van der Waals surface area contributed by atoms with Gasteiger partial charge in [0.1, 0.15) is 0 Å². The van der Waals surface area contributed by atoms with E-state index in [0.29, 0.717) is 19.3 Å². The van der Waals surface area contributed by atoms with E-state index in [1.165, 1.54) is 5.69 Å². The summed E-state index contributed by atoms with van der Waals surface area (Å²) < 4.78 is 5.63. The van der Waals surface area contributed by atoms with Crippen LogP contribution in [-0.4, -0.2) is 47.0 Å². The van der Waals surface area contributed by atoms with Crippen molar-refractivity contribution in [1.82, 2.24) is 9.97 Å². The third-order valence-corrected chi connectivity index (χ3v) is 4.99. The zero-order chi connectivity index (χ0) is 14.9. The minimum atomic E-state index is -0.259. The zero-order valence-electron chi connectivity index (χ0n) is 12.6. The standard InChI is InChI=1S/C17H21N3O2/c21-17-5-9-22-11-13(17)15-2-1-8-20(15)16-4-7-19-14-3-6-18-10-12(14)16/h3-4,6-7,10,13,15,17,21H,1-2,5,8-9,11H2. The summed E-state index contributed by atoms with van der Waals surface area (Å²) >= 11 is 0. The van der Waals surface area contributed by atoms with Crippen molar-refractivity contribution in [2.45, 2.75) is 31.4 Å². The SMILES string of the molecule is OC1CCOCC1C1CCCN1c1ccnc2ccncc12. The molecule has 2 aromatic heterocycles. The molecule has 0 amide bonds. The molecule has 0 bridgehead atoms. The normalized spacial score (nSPS) is 29.1. The molecule has 3 unspecified atom stereocenters. The maximum absolute atomic E-state index is 10.4. The van der Waals surface area contributed by atoms with Crippen molar-refractivity contribution in [3.8, 4) is 0 Å². The smallest absolute Gasteiger partial charge is 0.0753 e. The van der Waals surface area contributed by atoms with Gasteiger partial charge in [0.2, 0.25) is 0 Å². The summed E-state index contributed by atoms with van der Waals surface area (Å²) in [5.41, 5.74) is 2.15. The van der Waals surface area contributed by atoms with Gasteiger partial charge < -0.3 is 14.7 Å². The van der Waals surface area contributed by atoms with Crippen LogP contribution >= 0.6 is 0 Å². The molecular weight excluding hydrogens is 278 g/mol. The number of nitrogens with zero attached hydrogens (tertiary/aromatic N) is 3. The van der Waals surface area contributed by atoms with E-state index in [1.807, 2.05) is 18.5 Å². The number of aliphatic hydroxyl groups is 1. The van der Waals surface area contributed by atoms with Gasteiger partial charge in [0.25, 0.3) is 0 Å². The first-order valence-corrected chi connectivity index (χ1v) is 8.06. The molecule has 2 aliphatic heterocycles. The Labute approximate surface area is 129 Å². The van der Waals surface area contributed by atoms with E-state index in [0.717, 1.165) is 36.7 Å². The highest BCUT2D eigenvalue weighted by atomic mass is 16.5. The van der Waals surface area contributed by atoms with Crippen molar-refractivity contribution in [2.75, 3.05) is 24.7 Å². The van der Waals surface area contributed by atoms with Crippen molar-refractivity contribution >= 4 is 16.6 Å². The van der Waals surface area contributed by atoms with Gasteiger partial charge >= 0.3 is 0 Å².